The van der Waals surface area contributed by atoms with Gasteiger partial charge in [0.05, 0.1) is 0 Å². The van der Waals surface area contributed by atoms with Crippen molar-refractivity contribution in [1.29, 1.82) is 0 Å². The highest BCUT2D eigenvalue weighted by Crippen LogP contribution is 2.29. The van der Waals surface area contributed by atoms with E-state index in [0.717, 1.165) is 16.0 Å². The van der Waals surface area contributed by atoms with Crippen LogP contribution in [0, 0.1) is 0 Å². The van der Waals surface area contributed by atoms with Crippen molar-refractivity contribution < 1.29 is 19.2 Å². The quantitative estimate of drug-likeness (QED) is 0.622. The lowest BCUT2D eigenvalue weighted by Gasteiger charge is -2.22. The van der Waals surface area contributed by atoms with E-state index < -0.39 is 36.0 Å². The number of hydrogen-bond donors (Lipinski definition) is 3. The van der Waals surface area contributed by atoms with Crippen LogP contribution in [0.1, 0.15) is 43.4 Å². The topological polar surface area (TPSA) is 108 Å². The number of nitrogens with one attached hydrogen (secondary N) is 3. The maximum atomic E-state index is 13.0. The predicted molar refractivity (Wildman–Crippen MR) is 115 cm³/mol. The van der Waals surface area contributed by atoms with Gasteiger partial charge in [0, 0.05) is 6.54 Å². The maximum Gasteiger partial charge on any atom is 0.325 e. The second-order valence-electron chi connectivity index (χ2n) is 7.94. The molecule has 1 atom stereocenters. The summed E-state index contributed by atoms with van der Waals surface area (Å²) in [5.74, 6) is -0.966. The van der Waals surface area contributed by atoms with Crippen molar-refractivity contribution in [1.82, 2.24) is 20.9 Å². The van der Waals surface area contributed by atoms with E-state index in [0.29, 0.717) is 11.5 Å². The lowest BCUT2D eigenvalue weighted by molar-refractivity contribution is -0.134. The number of hydrogen-bond acceptors (Lipinski definition) is 4. The minimum absolute atomic E-state index is 0.244. The van der Waals surface area contributed by atoms with Crippen LogP contribution in [0.3, 0.4) is 0 Å². The number of amides is 6. The number of carbonyl (C=O) groups is 4. The van der Waals surface area contributed by atoms with E-state index in [1.807, 2.05) is 42.5 Å². The van der Waals surface area contributed by atoms with Gasteiger partial charge in [0.1, 0.15) is 12.1 Å². The van der Waals surface area contributed by atoms with Crippen molar-refractivity contribution in [2.45, 2.75) is 38.8 Å². The van der Waals surface area contributed by atoms with Crippen LogP contribution in [-0.4, -0.2) is 35.3 Å². The highest BCUT2D eigenvalue weighted by Gasteiger charge is 2.49. The average molecular weight is 422 g/mol. The van der Waals surface area contributed by atoms with Crippen LogP contribution >= 0.6 is 0 Å². The Labute approximate surface area is 181 Å². The van der Waals surface area contributed by atoms with Crippen LogP contribution in [0.5, 0.6) is 0 Å². The molecule has 1 fully saturated rings. The second-order valence-corrected chi connectivity index (χ2v) is 7.94. The van der Waals surface area contributed by atoms with E-state index in [1.165, 1.54) is 0 Å². The van der Waals surface area contributed by atoms with Crippen molar-refractivity contribution in [3.8, 4) is 0 Å². The van der Waals surface area contributed by atoms with Gasteiger partial charge in [0.25, 0.3) is 5.91 Å². The maximum absolute atomic E-state index is 13.0. The molecule has 0 radical (unpaired) electrons. The van der Waals surface area contributed by atoms with Gasteiger partial charge >= 0.3 is 12.1 Å². The Hall–Kier alpha value is -3.68. The van der Waals surface area contributed by atoms with Gasteiger partial charge in [-0.3, -0.25) is 19.8 Å². The fourth-order valence-electron chi connectivity index (χ4n) is 3.37. The van der Waals surface area contributed by atoms with Crippen LogP contribution in [0.2, 0.25) is 0 Å². The molecule has 0 spiro atoms. The molecular weight excluding hydrogens is 396 g/mol. The second kappa shape index (κ2) is 8.99. The molecule has 1 aliphatic heterocycles. The fraction of sp³-hybridized carbons (Fsp3) is 0.304. The highest BCUT2D eigenvalue weighted by atomic mass is 16.2. The molecule has 0 aromatic heterocycles. The molecule has 1 saturated heterocycles. The van der Waals surface area contributed by atoms with E-state index >= 15 is 0 Å². The first-order valence-corrected chi connectivity index (χ1v) is 10.1. The molecule has 0 saturated carbocycles. The van der Waals surface area contributed by atoms with Gasteiger partial charge in [-0.05, 0) is 29.5 Å². The molecular formula is C23H26N4O4. The lowest BCUT2D eigenvalue weighted by atomic mass is 9.90. The summed E-state index contributed by atoms with van der Waals surface area (Å²) < 4.78 is 0. The molecule has 2 aromatic carbocycles. The number of benzene rings is 2. The molecule has 162 valence electrons. The SMILES string of the molecule is CC(C)c1ccc([C@]2(C)NC(=O)N(CC(=O)NC(=O)NCc3ccccc3)C2=O)cc1. The molecule has 1 heterocycles. The Morgan fingerprint density at radius 1 is 1.03 bits per heavy atom. The van der Waals surface area contributed by atoms with E-state index in [-0.39, 0.29) is 6.54 Å². The van der Waals surface area contributed by atoms with Gasteiger partial charge in [0.2, 0.25) is 5.91 Å². The smallest absolute Gasteiger partial charge is 0.325 e. The minimum Gasteiger partial charge on any atom is -0.334 e. The summed E-state index contributed by atoms with van der Waals surface area (Å²) in [5.41, 5.74) is 1.33. The first kappa shape index (κ1) is 22.0. The first-order valence-electron chi connectivity index (χ1n) is 10.1. The molecule has 6 amide bonds. The zero-order valence-corrected chi connectivity index (χ0v) is 17.8. The van der Waals surface area contributed by atoms with Crippen molar-refractivity contribution in [3.63, 3.8) is 0 Å². The van der Waals surface area contributed by atoms with Crippen LogP contribution in [-0.2, 0) is 21.7 Å². The van der Waals surface area contributed by atoms with E-state index in [9.17, 15) is 19.2 Å². The predicted octanol–water partition coefficient (Wildman–Crippen LogP) is 2.60. The van der Waals surface area contributed by atoms with Gasteiger partial charge < -0.3 is 10.6 Å². The van der Waals surface area contributed by atoms with Crippen molar-refractivity contribution in [3.05, 3.63) is 71.3 Å². The number of imide groups is 2. The Kier molecular flexibility index (Phi) is 6.39. The van der Waals surface area contributed by atoms with Gasteiger partial charge in [-0.15, -0.1) is 0 Å². The number of urea groups is 2. The third-order valence-electron chi connectivity index (χ3n) is 5.28. The van der Waals surface area contributed by atoms with Gasteiger partial charge in [-0.25, -0.2) is 9.59 Å². The number of carbonyl (C=O) groups excluding carboxylic acids is 4. The van der Waals surface area contributed by atoms with Crippen LogP contribution in [0.4, 0.5) is 9.59 Å². The number of nitrogens with zero attached hydrogens (tertiary/aromatic N) is 1. The van der Waals surface area contributed by atoms with Crippen molar-refractivity contribution in [2.75, 3.05) is 6.54 Å². The molecule has 3 rings (SSSR count). The third-order valence-corrected chi connectivity index (χ3v) is 5.28. The average Bonchev–Trinajstić information content (AvgIpc) is 2.97. The first-order chi connectivity index (χ1) is 14.7. The standard InChI is InChI=1S/C23H26N4O4/c1-15(2)17-9-11-18(12-10-17)23(3)20(29)27(22(31)26-23)14-19(28)25-21(30)24-13-16-7-5-4-6-8-16/h4-12,15H,13-14H2,1-3H3,(H,26,31)(H2,24,25,28,30)/t23-/m0/s1. The van der Waals surface area contributed by atoms with Gasteiger partial charge in [0.15, 0.2) is 0 Å². The zero-order chi connectivity index (χ0) is 22.6. The zero-order valence-electron chi connectivity index (χ0n) is 17.8. The van der Waals surface area contributed by atoms with Crippen molar-refractivity contribution >= 4 is 23.9 Å². The Bertz CT molecular complexity index is 988. The van der Waals surface area contributed by atoms with Crippen LogP contribution in [0.25, 0.3) is 0 Å². The Morgan fingerprint density at radius 2 is 1.68 bits per heavy atom. The van der Waals surface area contributed by atoms with E-state index in [4.69, 9.17) is 0 Å². The molecule has 8 nitrogen and oxygen atoms in total. The third kappa shape index (κ3) is 4.91. The summed E-state index contributed by atoms with van der Waals surface area (Å²) in [6.45, 7) is 5.42. The Balaban J connectivity index is 1.60. The summed E-state index contributed by atoms with van der Waals surface area (Å²) in [7, 11) is 0. The molecule has 2 aromatic rings. The summed E-state index contributed by atoms with van der Waals surface area (Å²) in [6.07, 6.45) is 0. The lowest BCUT2D eigenvalue weighted by Crippen LogP contribution is -2.46. The molecule has 0 bridgehead atoms. The normalized spacial score (nSPS) is 18.1. The summed E-state index contributed by atoms with van der Waals surface area (Å²) >= 11 is 0. The molecule has 0 unspecified atom stereocenters. The van der Waals surface area contributed by atoms with E-state index in [1.54, 1.807) is 19.1 Å². The fourth-order valence-corrected chi connectivity index (χ4v) is 3.37. The van der Waals surface area contributed by atoms with Gasteiger partial charge in [-0.2, -0.15) is 0 Å². The largest absolute Gasteiger partial charge is 0.334 e. The molecule has 1 aliphatic rings. The minimum atomic E-state index is -1.28. The van der Waals surface area contributed by atoms with Crippen molar-refractivity contribution in [2.24, 2.45) is 0 Å². The molecule has 3 N–H and O–H groups in total. The van der Waals surface area contributed by atoms with E-state index in [2.05, 4.69) is 29.8 Å². The highest BCUT2D eigenvalue weighted by molar-refractivity contribution is 6.10. The number of rotatable bonds is 6. The van der Waals surface area contributed by atoms with Crippen LogP contribution in [0.15, 0.2) is 54.6 Å². The summed E-state index contributed by atoms with van der Waals surface area (Å²) in [6, 6.07) is 15.3. The van der Waals surface area contributed by atoms with Crippen LogP contribution < -0.4 is 16.0 Å². The summed E-state index contributed by atoms with van der Waals surface area (Å²) in [5, 5.41) is 7.36. The molecule has 0 aliphatic carbocycles. The monoisotopic (exact) mass is 422 g/mol. The summed E-state index contributed by atoms with van der Waals surface area (Å²) in [4.78, 5) is 50.3. The van der Waals surface area contributed by atoms with Gasteiger partial charge in [-0.1, -0.05) is 68.4 Å². The Morgan fingerprint density at radius 3 is 2.29 bits per heavy atom. The molecule has 8 heteroatoms. The molecule has 31 heavy (non-hydrogen) atoms.